The fourth-order valence-electron chi connectivity index (χ4n) is 9.19. The number of aliphatic hydroxyl groups excluding tert-OH is 1. The number of aliphatic hydroxyl groups is 1. The Balaban J connectivity index is 3.35. The topological polar surface area (TPSA) is 72.8 Å². The lowest BCUT2D eigenvalue weighted by Gasteiger charge is -2.15. The van der Waals surface area contributed by atoms with E-state index in [4.69, 9.17) is 9.47 Å². The summed E-state index contributed by atoms with van der Waals surface area (Å²) in [5, 5.41) is 9.63. The van der Waals surface area contributed by atoms with Gasteiger partial charge in [-0.25, -0.2) is 0 Å². The molecule has 0 aliphatic rings. The first-order valence-electron chi connectivity index (χ1n) is 30.7. The molecule has 0 fully saturated rings. The van der Waals surface area contributed by atoms with Crippen LogP contribution in [-0.2, 0) is 19.1 Å². The van der Waals surface area contributed by atoms with Crippen LogP contribution < -0.4 is 0 Å². The van der Waals surface area contributed by atoms with E-state index in [1.54, 1.807) is 0 Å². The molecule has 5 nitrogen and oxygen atoms in total. The van der Waals surface area contributed by atoms with Crippen molar-refractivity contribution in [1.29, 1.82) is 0 Å². The van der Waals surface area contributed by atoms with Gasteiger partial charge >= 0.3 is 11.9 Å². The van der Waals surface area contributed by atoms with Gasteiger partial charge < -0.3 is 14.6 Å². The first kappa shape index (κ1) is 66.9. The molecular formula is C64H118O5. The number of carbonyl (C=O) groups is 2. The Kier molecular flexibility index (Phi) is 58.3. The molecule has 0 saturated carbocycles. The van der Waals surface area contributed by atoms with Crippen LogP contribution in [0.3, 0.4) is 0 Å². The van der Waals surface area contributed by atoms with Crippen LogP contribution in [0.5, 0.6) is 0 Å². The van der Waals surface area contributed by atoms with E-state index in [-0.39, 0.29) is 25.2 Å². The molecule has 0 radical (unpaired) electrons. The summed E-state index contributed by atoms with van der Waals surface area (Å²) in [5.41, 5.74) is 0. The minimum Gasteiger partial charge on any atom is -0.462 e. The van der Waals surface area contributed by atoms with Crippen molar-refractivity contribution in [3.8, 4) is 0 Å². The Labute approximate surface area is 430 Å². The smallest absolute Gasteiger partial charge is 0.306 e. The molecule has 0 rings (SSSR count). The molecule has 5 heteroatoms. The summed E-state index contributed by atoms with van der Waals surface area (Å²) in [4.78, 5) is 24.4. The van der Waals surface area contributed by atoms with E-state index in [0.717, 1.165) is 57.8 Å². The summed E-state index contributed by atoms with van der Waals surface area (Å²) in [6, 6.07) is 0. The predicted molar refractivity (Wildman–Crippen MR) is 302 cm³/mol. The van der Waals surface area contributed by atoms with Crippen LogP contribution in [0, 0.1) is 0 Å². The van der Waals surface area contributed by atoms with Gasteiger partial charge in [0.25, 0.3) is 0 Å². The standard InChI is InChI=1S/C64H118O5/c1-3-5-7-9-11-13-15-17-19-20-21-22-23-24-25-26-27-28-29-30-31-32-33-34-35-36-37-38-39-40-41-42-43-44-45-47-49-51-53-55-57-59-64(67)69-62(60-65)61-68-63(66)58-56-54-52-50-48-46-18-16-14-12-10-8-6-4-2/h10,12,15-18,20-21,62,65H,3-9,11,13-14,19,22-61H2,1-2H3/b12-10-,17-15-,18-16-,21-20-. The van der Waals surface area contributed by atoms with Gasteiger partial charge in [-0.15, -0.1) is 0 Å². The Hall–Kier alpha value is -2.14. The lowest BCUT2D eigenvalue weighted by atomic mass is 10.0. The molecule has 1 atom stereocenters. The molecule has 1 N–H and O–H groups in total. The Morgan fingerprint density at radius 1 is 0.333 bits per heavy atom. The molecule has 0 aromatic heterocycles. The maximum Gasteiger partial charge on any atom is 0.306 e. The molecule has 0 saturated heterocycles. The molecule has 0 aliphatic heterocycles. The monoisotopic (exact) mass is 967 g/mol. The number of carbonyl (C=O) groups excluding carboxylic acids is 2. The molecular weight excluding hydrogens is 849 g/mol. The molecule has 0 aromatic rings. The third-order valence-corrected chi connectivity index (χ3v) is 13.8. The number of hydrogen-bond acceptors (Lipinski definition) is 5. The van der Waals surface area contributed by atoms with Crippen molar-refractivity contribution in [2.45, 2.75) is 335 Å². The quantitative estimate of drug-likeness (QED) is 0.0373. The van der Waals surface area contributed by atoms with Gasteiger partial charge in [0.15, 0.2) is 6.10 Å². The molecule has 0 aliphatic carbocycles. The van der Waals surface area contributed by atoms with Crippen molar-refractivity contribution in [3.63, 3.8) is 0 Å². The molecule has 0 amide bonds. The summed E-state index contributed by atoms with van der Waals surface area (Å²) in [7, 11) is 0. The van der Waals surface area contributed by atoms with E-state index >= 15 is 0 Å². The highest BCUT2D eigenvalue weighted by Crippen LogP contribution is 2.18. The van der Waals surface area contributed by atoms with Crippen molar-refractivity contribution >= 4 is 11.9 Å². The van der Waals surface area contributed by atoms with E-state index in [0.29, 0.717) is 12.8 Å². The highest BCUT2D eigenvalue weighted by atomic mass is 16.6. The normalized spacial score (nSPS) is 12.4. The number of ether oxygens (including phenoxy) is 2. The Bertz CT molecular complexity index is 1140. The second-order valence-electron chi connectivity index (χ2n) is 20.8. The second-order valence-corrected chi connectivity index (χ2v) is 20.8. The number of allylic oxidation sites excluding steroid dienone is 8. The third-order valence-electron chi connectivity index (χ3n) is 13.8. The lowest BCUT2D eigenvalue weighted by Crippen LogP contribution is -2.28. The van der Waals surface area contributed by atoms with Crippen molar-refractivity contribution in [3.05, 3.63) is 48.6 Å². The summed E-state index contributed by atoms with van der Waals surface area (Å²) in [5.74, 6) is -0.594. The summed E-state index contributed by atoms with van der Waals surface area (Å²) in [6.45, 7) is 4.11. The van der Waals surface area contributed by atoms with Gasteiger partial charge in [-0.3, -0.25) is 9.59 Å². The van der Waals surface area contributed by atoms with Gasteiger partial charge in [0.05, 0.1) is 6.61 Å². The number of hydrogen-bond donors (Lipinski definition) is 1. The molecule has 0 aromatic carbocycles. The average Bonchev–Trinajstić information content (AvgIpc) is 3.35. The van der Waals surface area contributed by atoms with E-state index < -0.39 is 6.10 Å². The zero-order valence-electron chi connectivity index (χ0n) is 46.3. The summed E-state index contributed by atoms with van der Waals surface area (Å²) >= 11 is 0. The lowest BCUT2D eigenvalue weighted by molar-refractivity contribution is -0.161. The van der Waals surface area contributed by atoms with Crippen LogP contribution in [0.15, 0.2) is 48.6 Å². The van der Waals surface area contributed by atoms with Crippen LogP contribution in [0.1, 0.15) is 328 Å². The minimum absolute atomic E-state index is 0.0699. The largest absolute Gasteiger partial charge is 0.462 e. The summed E-state index contributed by atoms with van der Waals surface area (Å²) < 4.78 is 10.7. The van der Waals surface area contributed by atoms with E-state index in [9.17, 15) is 14.7 Å². The van der Waals surface area contributed by atoms with Gasteiger partial charge in [0, 0.05) is 12.8 Å². The van der Waals surface area contributed by atoms with Gasteiger partial charge in [0.2, 0.25) is 0 Å². The van der Waals surface area contributed by atoms with Crippen LogP contribution >= 0.6 is 0 Å². The fourth-order valence-corrected chi connectivity index (χ4v) is 9.19. The number of rotatable bonds is 57. The average molecular weight is 968 g/mol. The zero-order chi connectivity index (χ0) is 49.9. The van der Waals surface area contributed by atoms with E-state index in [1.807, 2.05) is 0 Å². The first-order chi connectivity index (χ1) is 34.1. The number of esters is 2. The molecule has 0 heterocycles. The van der Waals surface area contributed by atoms with Crippen LogP contribution in [0.25, 0.3) is 0 Å². The van der Waals surface area contributed by atoms with E-state index in [2.05, 4.69) is 62.5 Å². The highest BCUT2D eigenvalue weighted by molar-refractivity contribution is 5.70. The van der Waals surface area contributed by atoms with E-state index in [1.165, 1.54) is 244 Å². The maximum atomic E-state index is 12.3. The molecule has 0 spiro atoms. The zero-order valence-corrected chi connectivity index (χ0v) is 46.3. The maximum absolute atomic E-state index is 12.3. The first-order valence-corrected chi connectivity index (χ1v) is 30.7. The van der Waals surface area contributed by atoms with Crippen LogP contribution in [0.4, 0.5) is 0 Å². The number of unbranched alkanes of at least 4 members (excludes halogenated alkanes) is 41. The molecule has 1 unspecified atom stereocenters. The summed E-state index contributed by atoms with van der Waals surface area (Å²) in [6.07, 6.45) is 79.9. The van der Waals surface area contributed by atoms with Crippen LogP contribution in [0.2, 0.25) is 0 Å². The third kappa shape index (κ3) is 58.3. The predicted octanol–water partition coefficient (Wildman–Crippen LogP) is 20.8. The van der Waals surface area contributed by atoms with Gasteiger partial charge in [-0.1, -0.05) is 294 Å². The minimum atomic E-state index is -0.776. The van der Waals surface area contributed by atoms with Gasteiger partial charge in [-0.2, -0.15) is 0 Å². The Morgan fingerprint density at radius 2 is 0.594 bits per heavy atom. The molecule has 404 valence electrons. The van der Waals surface area contributed by atoms with Crippen molar-refractivity contribution in [2.75, 3.05) is 13.2 Å². The second kappa shape index (κ2) is 60.2. The van der Waals surface area contributed by atoms with Crippen molar-refractivity contribution in [2.24, 2.45) is 0 Å². The highest BCUT2D eigenvalue weighted by Gasteiger charge is 2.16. The Morgan fingerprint density at radius 3 is 0.899 bits per heavy atom. The van der Waals surface area contributed by atoms with Crippen LogP contribution in [-0.4, -0.2) is 36.4 Å². The van der Waals surface area contributed by atoms with Gasteiger partial charge in [-0.05, 0) is 70.6 Å². The fraction of sp³-hybridized carbons (Fsp3) is 0.844. The van der Waals surface area contributed by atoms with Crippen molar-refractivity contribution in [1.82, 2.24) is 0 Å². The van der Waals surface area contributed by atoms with Gasteiger partial charge in [0.1, 0.15) is 6.61 Å². The molecule has 69 heavy (non-hydrogen) atoms. The SMILES string of the molecule is CCCC/C=C\C/C=C\CCCCCCCC(=O)OCC(CO)OC(=O)CCCCCCCCCCCCCCCCCCCCCCCCCCCCCCC/C=C\C/C=C\CCCCCCC. The van der Waals surface area contributed by atoms with Crippen molar-refractivity contribution < 1.29 is 24.2 Å². The molecule has 0 bridgehead atoms.